The lowest BCUT2D eigenvalue weighted by Crippen LogP contribution is -2.14. The van der Waals surface area contributed by atoms with Crippen LogP contribution in [0.3, 0.4) is 0 Å². The number of aromatic nitrogens is 2. The zero-order valence-electron chi connectivity index (χ0n) is 8.75. The van der Waals surface area contributed by atoms with Gasteiger partial charge in [-0.25, -0.2) is 9.20 Å². The molecule has 0 unspecified atom stereocenters. The second-order valence-corrected chi connectivity index (χ2v) is 3.59. The number of rotatable bonds is 0. The van der Waals surface area contributed by atoms with Gasteiger partial charge in [0.05, 0.1) is 5.52 Å². The molecule has 1 N–H and O–H groups in total. The van der Waals surface area contributed by atoms with E-state index >= 15 is 0 Å². The van der Waals surface area contributed by atoms with Crippen molar-refractivity contribution >= 4 is 16.7 Å². The lowest BCUT2D eigenvalue weighted by Gasteiger charge is -1.99. The Labute approximate surface area is 93.2 Å². The first-order valence-corrected chi connectivity index (χ1v) is 4.81. The highest BCUT2D eigenvalue weighted by Crippen LogP contribution is 2.13. The van der Waals surface area contributed by atoms with Gasteiger partial charge in [-0.05, 0) is 34.9 Å². The molecule has 0 spiro atoms. The van der Waals surface area contributed by atoms with Gasteiger partial charge in [0.1, 0.15) is 0 Å². The number of benzene rings is 1. The van der Waals surface area contributed by atoms with Gasteiger partial charge in [0.15, 0.2) is 5.58 Å². The van der Waals surface area contributed by atoms with E-state index < -0.39 is 5.76 Å². The van der Waals surface area contributed by atoms with E-state index in [4.69, 9.17) is 9.62 Å². The molecule has 3 rings (SSSR count). The normalized spacial score (nSPS) is 12.6. The lowest BCUT2D eigenvalue weighted by molar-refractivity contribution is 0.277. The molecule has 0 aliphatic rings. The van der Waals surface area contributed by atoms with Crippen LogP contribution in [0.5, 0.6) is 0 Å². The van der Waals surface area contributed by atoms with Crippen molar-refractivity contribution in [2.24, 2.45) is 5.16 Å². The summed E-state index contributed by atoms with van der Waals surface area (Å²) in [4.78, 5) is 11.5. The monoisotopic (exact) mass is 233 g/mol. The second kappa shape index (κ2) is 3.21. The predicted octanol–water partition coefficient (Wildman–Crippen LogP) is 0.632. The minimum atomic E-state index is -0.658. The van der Waals surface area contributed by atoms with Gasteiger partial charge in [-0.15, -0.1) is 0 Å². The van der Waals surface area contributed by atoms with Crippen LogP contribution in [0.2, 0.25) is 0 Å². The fourth-order valence-corrected chi connectivity index (χ4v) is 1.70. The second-order valence-electron chi connectivity index (χ2n) is 3.59. The molecule has 7 nitrogen and oxygen atoms in total. The van der Waals surface area contributed by atoms with E-state index in [1.54, 1.807) is 12.1 Å². The summed E-state index contributed by atoms with van der Waals surface area (Å²) in [7, 11) is 0. The zero-order chi connectivity index (χ0) is 12.0. The van der Waals surface area contributed by atoms with E-state index in [9.17, 15) is 4.79 Å². The molecule has 0 saturated carbocycles. The molecule has 0 fully saturated rings. The Bertz CT molecular complexity index is 840. The van der Waals surface area contributed by atoms with E-state index in [-0.39, 0.29) is 11.2 Å². The number of hydrogen-bond acceptors (Lipinski definition) is 6. The molecule has 0 radical (unpaired) electrons. The van der Waals surface area contributed by atoms with Crippen LogP contribution in [0.1, 0.15) is 5.56 Å². The van der Waals surface area contributed by atoms with E-state index in [1.807, 2.05) is 13.0 Å². The average Bonchev–Trinajstić information content (AvgIpc) is 2.70. The molecule has 0 amide bonds. The van der Waals surface area contributed by atoms with Crippen molar-refractivity contribution in [3.05, 3.63) is 39.9 Å². The van der Waals surface area contributed by atoms with Crippen molar-refractivity contribution < 1.29 is 14.1 Å². The Balaban J connectivity index is 2.72. The van der Waals surface area contributed by atoms with Crippen molar-refractivity contribution in [2.75, 3.05) is 0 Å². The Morgan fingerprint density at radius 1 is 1.47 bits per heavy atom. The van der Waals surface area contributed by atoms with Gasteiger partial charge in [0.25, 0.3) is 0 Å². The average molecular weight is 233 g/mol. The molecular formula is C10H7N3O4. The van der Waals surface area contributed by atoms with Crippen LogP contribution >= 0.6 is 0 Å². The summed E-state index contributed by atoms with van der Waals surface area (Å²) < 4.78 is 11.0. The van der Waals surface area contributed by atoms with Crippen molar-refractivity contribution in [3.63, 3.8) is 0 Å². The molecule has 17 heavy (non-hydrogen) atoms. The van der Waals surface area contributed by atoms with Crippen LogP contribution in [0.4, 0.5) is 0 Å². The smallest absolute Gasteiger partial charge is 0.432 e. The van der Waals surface area contributed by atoms with Gasteiger partial charge in [0, 0.05) is 0 Å². The number of hydrogen-bond donors (Lipinski definition) is 1. The lowest BCUT2D eigenvalue weighted by atomic mass is 10.2. The SMILES string of the molecule is Cc1ccc2c(c1)o/c(=N/O)c1noc(=O)n12. The highest BCUT2D eigenvalue weighted by Gasteiger charge is 2.12. The molecule has 0 saturated heterocycles. The summed E-state index contributed by atoms with van der Waals surface area (Å²) in [5.74, 6) is -0.658. The summed E-state index contributed by atoms with van der Waals surface area (Å²) in [5, 5.41) is 15.2. The first kappa shape index (κ1) is 9.64. The summed E-state index contributed by atoms with van der Waals surface area (Å²) in [5.41, 5.74) is 1.73. The maximum atomic E-state index is 11.5. The van der Waals surface area contributed by atoms with Crippen molar-refractivity contribution in [1.82, 2.24) is 9.56 Å². The fourth-order valence-electron chi connectivity index (χ4n) is 1.70. The van der Waals surface area contributed by atoms with Gasteiger partial charge in [-0.2, -0.15) is 0 Å². The van der Waals surface area contributed by atoms with Crippen LogP contribution in [0, 0.1) is 6.92 Å². The van der Waals surface area contributed by atoms with Crippen LogP contribution < -0.4 is 11.3 Å². The Kier molecular flexibility index (Phi) is 1.82. The van der Waals surface area contributed by atoms with E-state index in [1.165, 1.54) is 4.40 Å². The fraction of sp³-hybridized carbons (Fsp3) is 0.100. The third-order valence-electron chi connectivity index (χ3n) is 2.45. The highest BCUT2D eigenvalue weighted by molar-refractivity contribution is 5.75. The highest BCUT2D eigenvalue weighted by atomic mass is 16.5. The quantitative estimate of drug-likeness (QED) is 0.454. The van der Waals surface area contributed by atoms with Crippen LogP contribution in [-0.4, -0.2) is 14.8 Å². The molecule has 0 bridgehead atoms. The first-order valence-electron chi connectivity index (χ1n) is 4.81. The van der Waals surface area contributed by atoms with E-state index in [0.29, 0.717) is 11.1 Å². The largest absolute Gasteiger partial charge is 0.446 e. The van der Waals surface area contributed by atoms with Gasteiger partial charge in [0.2, 0.25) is 5.65 Å². The molecule has 0 atom stereocenters. The number of nitrogens with zero attached hydrogens (tertiary/aromatic N) is 3. The summed E-state index contributed by atoms with van der Waals surface area (Å²) >= 11 is 0. The third-order valence-corrected chi connectivity index (χ3v) is 2.45. The topological polar surface area (TPSA) is 93.2 Å². The molecule has 3 aromatic rings. The molecule has 86 valence electrons. The maximum absolute atomic E-state index is 11.5. The minimum Gasteiger partial charge on any atom is -0.432 e. The van der Waals surface area contributed by atoms with E-state index in [0.717, 1.165) is 5.56 Å². The summed E-state index contributed by atoms with van der Waals surface area (Å²) in [6.45, 7) is 1.88. The first-order chi connectivity index (χ1) is 8.20. The molecule has 1 aromatic carbocycles. The summed E-state index contributed by atoms with van der Waals surface area (Å²) in [6, 6.07) is 5.26. The van der Waals surface area contributed by atoms with Gasteiger partial charge >= 0.3 is 11.3 Å². The Hall–Kier alpha value is -2.57. The predicted molar refractivity (Wildman–Crippen MR) is 55.6 cm³/mol. The standard InChI is InChI=1S/C10H7N3O4/c1-5-2-3-6-7(4-5)16-9(11-15)8-12-17-10(14)13(6)8/h2-4,15H,1H3/b11-9+. The molecular weight excluding hydrogens is 226 g/mol. The zero-order valence-corrected chi connectivity index (χ0v) is 8.75. The Morgan fingerprint density at radius 2 is 2.29 bits per heavy atom. The number of aryl methyl sites for hydroxylation is 1. The third kappa shape index (κ3) is 1.25. The Morgan fingerprint density at radius 3 is 3.06 bits per heavy atom. The minimum absolute atomic E-state index is 0.0360. The van der Waals surface area contributed by atoms with Crippen LogP contribution in [0.25, 0.3) is 16.7 Å². The molecule has 0 aliphatic heterocycles. The molecule has 0 aliphatic carbocycles. The molecule has 2 heterocycles. The summed E-state index contributed by atoms with van der Waals surface area (Å²) in [6.07, 6.45) is 0. The molecule has 2 aromatic heterocycles. The van der Waals surface area contributed by atoms with Crippen molar-refractivity contribution in [3.8, 4) is 0 Å². The van der Waals surface area contributed by atoms with Crippen LogP contribution in [0.15, 0.2) is 37.1 Å². The van der Waals surface area contributed by atoms with Gasteiger partial charge in [-0.3, -0.25) is 4.52 Å². The number of fused-ring (bicyclic) bond motifs is 3. The van der Waals surface area contributed by atoms with Gasteiger partial charge < -0.3 is 9.62 Å². The van der Waals surface area contributed by atoms with Crippen LogP contribution in [-0.2, 0) is 0 Å². The van der Waals surface area contributed by atoms with Gasteiger partial charge in [-0.1, -0.05) is 6.07 Å². The maximum Gasteiger partial charge on any atom is 0.446 e. The van der Waals surface area contributed by atoms with E-state index in [2.05, 4.69) is 14.8 Å². The van der Waals surface area contributed by atoms with Crippen molar-refractivity contribution in [2.45, 2.75) is 6.92 Å². The molecule has 7 heteroatoms. The van der Waals surface area contributed by atoms with Crippen molar-refractivity contribution in [1.29, 1.82) is 0 Å².